The second-order valence-electron chi connectivity index (χ2n) is 6.60. The number of benzene rings is 2. The van der Waals surface area contributed by atoms with Gasteiger partial charge < -0.3 is 5.32 Å². The maximum Gasteiger partial charge on any atom is 0.234 e. The molecule has 0 saturated heterocycles. The average Bonchev–Trinajstić information content (AvgIpc) is 3.43. The van der Waals surface area contributed by atoms with Crippen LogP contribution in [0.3, 0.4) is 0 Å². The highest BCUT2D eigenvalue weighted by atomic mass is 35.5. The van der Waals surface area contributed by atoms with Gasteiger partial charge in [0, 0.05) is 35.8 Å². The first-order valence-electron chi connectivity index (χ1n) is 8.70. The predicted octanol–water partition coefficient (Wildman–Crippen LogP) is 3.94. The molecule has 2 aromatic carbocycles. The molecule has 0 radical (unpaired) electrons. The molecule has 0 aromatic heterocycles. The minimum Gasteiger partial charge on any atom is -0.355 e. The zero-order chi connectivity index (χ0) is 18.5. The van der Waals surface area contributed by atoms with E-state index in [0.717, 1.165) is 30.9 Å². The molecule has 26 heavy (non-hydrogen) atoms. The third kappa shape index (κ3) is 5.51. The van der Waals surface area contributed by atoms with E-state index in [1.807, 2.05) is 29.2 Å². The average molecular weight is 379 g/mol. The molecule has 1 aliphatic rings. The molecule has 3 rings (SSSR count). The third-order valence-electron chi connectivity index (χ3n) is 4.45. The number of carbonyl (C=O) groups excluding carboxylic acids is 1. The Bertz CT molecular complexity index is 763. The number of nitrogens with zero attached hydrogens (tertiary/aromatic N) is 1. The van der Waals surface area contributed by atoms with Crippen LogP contribution in [0, 0.1) is 11.6 Å². The number of amides is 1. The normalized spacial score (nSPS) is 13.8. The first-order valence-corrected chi connectivity index (χ1v) is 9.08. The number of hydrogen-bond donors (Lipinski definition) is 1. The van der Waals surface area contributed by atoms with Gasteiger partial charge in [-0.25, -0.2) is 8.78 Å². The lowest BCUT2D eigenvalue weighted by atomic mass is 10.1. The highest BCUT2D eigenvalue weighted by Crippen LogP contribution is 2.28. The quantitative estimate of drug-likeness (QED) is 0.754. The predicted molar refractivity (Wildman–Crippen MR) is 98.0 cm³/mol. The zero-order valence-electron chi connectivity index (χ0n) is 14.4. The van der Waals surface area contributed by atoms with Crippen LogP contribution >= 0.6 is 11.6 Å². The Morgan fingerprint density at radius 1 is 1.15 bits per heavy atom. The Kier molecular flexibility index (Phi) is 6.22. The molecule has 0 bridgehead atoms. The Balaban J connectivity index is 1.49. The molecule has 0 atom stereocenters. The van der Waals surface area contributed by atoms with Crippen LogP contribution in [0.15, 0.2) is 42.5 Å². The lowest BCUT2D eigenvalue weighted by molar-refractivity contribution is -0.122. The van der Waals surface area contributed by atoms with Crippen LogP contribution in [0.25, 0.3) is 0 Å². The van der Waals surface area contributed by atoms with Crippen LogP contribution in [0.2, 0.25) is 5.02 Å². The lowest BCUT2D eigenvalue weighted by Crippen LogP contribution is -2.39. The van der Waals surface area contributed by atoms with Gasteiger partial charge in [-0.2, -0.15) is 0 Å². The molecule has 1 saturated carbocycles. The smallest absolute Gasteiger partial charge is 0.234 e. The summed E-state index contributed by atoms with van der Waals surface area (Å²) in [7, 11) is 0. The highest BCUT2D eigenvalue weighted by molar-refractivity contribution is 6.30. The van der Waals surface area contributed by atoms with E-state index in [1.54, 1.807) is 0 Å². The molecule has 0 spiro atoms. The summed E-state index contributed by atoms with van der Waals surface area (Å²) in [4.78, 5) is 14.2. The maximum atomic E-state index is 13.9. The van der Waals surface area contributed by atoms with Gasteiger partial charge in [-0.3, -0.25) is 9.69 Å². The van der Waals surface area contributed by atoms with Crippen LogP contribution < -0.4 is 5.32 Å². The van der Waals surface area contributed by atoms with Crippen LogP contribution in [-0.4, -0.2) is 29.9 Å². The van der Waals surface area contributed by atoms with Crippen molar-refractivity contribution in [2.45, 2.75) is 31.8 Å². The molecule has 138 valence electrons. The Morgan fingerprint density at radius 3 is 2.54 bits per heavy atom. The van der Waals surface area contributed by atoms with Gasteiger partial charge in [0.15, 0.2) is 0 Å². The largest absolute Gasteiger partial charge is 0.355 e. The fourth-order valence-electron chi connectivity index (χ4n) is 2.86. The van der Waals surface area contributed by atoms with Crippen molar-refractivity contribution in [1.29, 1.82) is 0 Å². The number of rotatable bonds is 8. The second-order valence-corrected chi connectivity index (χ2v) is 7.03. The highest BCUT2D eigenvalue weighted by Gasteiger charge is 2.30. The molecular formula is C20H21ClF2N2O. The number of nitrogens with one attached hydrogen (secondary N) is 1. The van der Waals surface area contributed by atoms with E-state index < -0.39 is 11.6 Å². The van der Waals surface area contributed by atoms with Gasteiger partial charge in [0.25, 0.3) is 0 Å². The zero-order valence-corrected chi connectivity index (χ0v) is 15.1. The summed E-state index contributed by atoms with van der Waals surface area (Å²) >= 11 is 5.85. The van der Waals surface area contributed by atoms with E-state index in [-0.39, 0.29) is 12.5 Å². The SMILES string of the molecule is O=C(CN(Cc1ccc(F)cc1F)C1CC1)NCCc1ccc(Cl)cc1. The summed E-state index contributed by atoms with van der Waals surface area (Å²) in [6.07, 6.45) is 2.72. The molecule has 1 N–H and O–H groups in total. The molecule has 0 aliphatic heterocycles. The molecule has 1 amide bonds. The maximum absolute atomic E-state index is 13.9. The number of hydrogen-bond acceptors (Lipinski definition) is 2. The Labute approximate surface area is 157 Å². The van der Waals surface area contributed by atoms with Gasteiger partial charge >= 0.3 is 0 Å². The first-order chi connectivity index (χ1) is 12.5. The van der Waals surface area contributed by atoms with E-state index >= 15 is 0 Å². The minimum atomic E-state index is -0.593. The fraction of sp³-hybridized carbons (Fsp3) is 0.350. The standard InChI is InChI=1S/C20H21ClF2N2O/c21-16-4-1-14(2-5-16)9-10-24-20(26)13-25(18-7-8-18)12-15-3-6-17(22)11-19(15)23/h1-6,11,18H,7-10,12-13H2,(H,24,26). The van der Waals surface area contributed by atoms with Crippen LogP contribution in [0.4, 0.5) is 8.78 Å². The van der Waals surface area contributed by atoms with Gasteiger partial charge in [0.1, 0.15) is 11.6 Å². The van der Waals surface area contributed by atoms with Crippen molar-refractivity contribution in [2.24, 2.45) is 0 Å². The summed E-state index contributed by atoms with van der Waals surface area (Å²) in [5.41, 5.74) is 1.51. The Morgan fingerprint density at radius 2 is 1.88 bits per heavy atom. The Hall–Kier alpha value is -1.98. The van der Waals surface area contributed by atoms with E-state index in [4.69, 9.17) is 11.6 Å². The third-order valence-corrected chi connectivity index (χ3v) is 4.70. The van der Waals surface area contributed by atoms with Crippen molar-refractivity contribution in [3.8, 4) is 0 Å². The lowest BCUT2D eigenvalue weighted by Gasteiger charge is -2.21. The summed E-state index contributed by atoms with van der Waals surface area (Å²) in [6.45, 7) is 1.05. The molecule has 6 heteroatoms. The van der Waals surface area contributed by atoms with Crippen molar-refractivity contribution in [3.05, 3.63) is 70.2 Å². The fourth-order valence-corrected chi connectivity index (χ4v) is 2.99. The van der Waals surface area contributed by atoms with Gasteiger partial charge in [-0.05, 0) is 43.0 Å². The van der Waals surface area contributed by atoms with E-state index in [9.17, 15) is 13.6 Å². The van der Waals surface area contributed by atoms with Gasteiger partial charge in [-0.1, -0.05) is 29.8 Å². The van der Waals surface area contributed by atoms with E-state index in [0.29, 0.717) is 29.7 Å². The minimum absolute atomic E-state index is 0.0895. The van der Waals surface area contributed by atoms with Crippen molar-refractivity contribution >= 4 is 17.5 Å². The molecule has 1 aliphatic carbocycles. The van der Waals surface area contributed by atoms with Gasteiger partial charge in [0.05, 0.1) is 6.54 Å². The molecule has 0 heterocycles. The van der Waals surface area contributed by atoms with Crippen LogP contribution in [0.5, 0.6) is 0 Å². The van der Waals surface area contributed by atoms with Gasteiger partial charge in [0.2, 0.25) is 5.91 Å². The van der Waals surface area contributed by atoms with E-state index in [1.165, 1.54) is 12.1 Å². The van der Waals surface area contributed by atoms with Crippen LogP contribution in [0.1, 0.15) is 24.0 Å². The van der Waals surface area contributed by atoms with Gasteiger partial charge in [-0.15, -0.1) is 0 Å². The molecule has 0 unspecified atom stereocenters. The summed E-state index contributed by atoms with van der Waals surface area (Å²) in [5, 5.41) is 3.59. The topological polar surface area (TPSA) is 32.3 Å². The second kappa shape index (κ2) is 8.60. The van der Waals surface area contributed by atoms with Crippen LogP contribution in [-0.2, 0) is 17.8 Å². The molecular weight excluding hydrogens is 358 g/mol. The molecule has 2 aromatic rings. The molecule has 1 fully saturated rings. The van der Waals surface area contributed by atoms with Crippen molar-refractivity contribution < 1.29 is 13.6 Å². The number of halogens is 3. The monoisotopic (exact) mass is 378 g/mol. The summed E-state index contributed by atoms with van der Waals surface area (Å²) < 4.78 is 26.9. The van der Waals surface area contributed by atoms with E-state index in [2.05, 4.69) is 5.32 Å². The van der Waals surface area contributed by atoms with Crippen molar-refractivity contribution in [1.82, 2.24) is 10.2 Å². The van der Waals surface area contributed by atoms with Crippen molar-refractivity contribution in [3.63, 3.8) is 0 Å². The first kappa shape index (κ1) is 18.8. The van der Waals surface area contributed by atoms with Crippen molar-refractivity contribution in [2.75, 3.05) is 13.1 Å². The molecule has 3 nitrogen and oxygen atoms in total. The summed E-state index contributed by atoms with van der Waals surface area (Å²) in [5.74, 6) is -1.25. The summed E-state index contributed by atoms with van der Waals surface area (Å²) in [6, 6.07) is 11.4. The number of carbonyl (C=O) groups is 1.